The lowest BCUT2D eigenvalue weighted by atomic mass is 10.1. The van der Waals surface area contributed by atoms with E-state index in [0.717, 1.165) is 0 Å². The monoisotopic (exact) mass is 190 g/mol. The van der Waals surface area contributed by atoms with Gasteiger partial charge < -0.3 is 0 Å². The lowest BCUT2D eigenvalue weighted by Gasteiger charge is -1.97. The van der Waals surface area contributed by atoms with Gasteiger partial charge >= 0.3 is 0 Å². The average Bonchev–Trinajstić information content (AvgIpc) is 2.22. The van der Waals surface area contributed by atoms with E-state index in [1.807, 2.05) is 45.1 Å². The smallest absolute Gasteiger partial charge is 0.0188 e. The maximum Gasteiger partial charge on any atom is -0.0188 e. The van der Waals surface area contributed by atoms with E-state index in [0.29, 0.717) is 0 Å². The Morgan fingerprint density at radius 3 is 2.00 bits per heavy atom. The highest BCUT2D eigenvalue weighted by Gasteiger charge is 1.90. The molecule has 0 aromatic heterocycles. The molecule has 0 heteroatoms. The van der Waals surface area contributed by atoms with Crippen LogP contribution >= 0.6 is 0 Å². The van der Waals surface area contributed by atoms with E-state index in [1.165, 1.54) is 11.1 Å². The van der Waals surface area contributed by atoms with Crippen molar-refractivity contribution in [3.8, 4) is 0 Å². The molecule has 1 aromatic carbocycles. The van der Waals surface area contributed by atoms with E-state index >= 15 is 0 Å². The fraction of sp³-hybridized carbons (Fsp3) is 0.286. The van der Waals surface area contributed by atoms with Crippen LogP contribution in [0.5, 0.6) is 0 Å². The van der Waals surface area contributed by atoms with Crippen LogP contribution in [-0.4, -0.2) is 0 Å². The molecule has 0 aliphatic carbocycles. The predicted molar refractivity (Wildman–Crippen MR) is 69.3 cm³/mol. The second-order valence-corrected chi connectivity index (χ2v) is 2.33. The second kappa shape index (κ2) is 9.79. The Hall–Kier alpha value is -1.30. The maximum atomic E-state index is 3.74. The molecular formula is C14H22. The number of allylic oxidation sites excluding steroid dienone is 1. The van der Waals surface area contributed by atoms with Crippen LogP contribution in [-0.2, 0) is 0 Å². The summed E-state index contributed by atoms with van der Waals surface area (Å²) in [5.41, 5.74) is 2.41. The molecule has 0 nitrogen and oxygen atoms in total. The van der Waals surface area contributed by atoms with E-state index in [1.54, 1.807) is 0 Å². The number of benzene rings is 1. The van der Waals surface area contributed by atoms with E-state index in [4.69, 9.17) is 0 Å². The lowest BCUT2D eigenvalue weighted by molar-refractivity contribution is 1.50. The lowest BCUT2D eigenvalue weighted by Crippen LogP contribution is -1.76. The van der Waals surface area contributed by atoms with E-state index < -0.39 is 0 Å². The molecule has 0 amide bonds. The first kappa shape index (κ1) is 15.2. The first-order valence-electron chi connectivity index (χ1n) is 4.72. The van der Waals surface area contributed by atoms with Crippen molar-refractivity contribution < 1.29 is 0 Å². The summed E-state index contributed by atoms with van der Waals surface area (Å²) >= 11 is 0. The Balaban J connectivity index is 0. The van der Waals surface area contributed by atoms with Gasteiger partial charge in [0.25, 0.3) is 0 Å². The third-order valence-electron chi connectivity index (χ3n) is 1.56. The molecule has 78 valence electrons. The molecule has 1 rings (SSSR count). The minimum absolute atomic E-state index is 0. The summed E-state index contributed by atoms with van der Waals surface area (Å²) in [5.74, 6) is 0. The van der Waals surface area contributed by atoms with Crippen molar-refractivity contribution >= 4 is 12.2 Å². The molecule has 0 saturated carbocycles. The van der Waals surface area contributed by atoms with Crippen molar-refractivity contribution in [1.29, 1.82) is 0 Å². The number of hydrogen-bond acceptors (Lipinski definition) is 0. The second-order valence-electron chi connectivity index (χ2n) is 2.33. The quantitative estimate of drug-likeness (QED) is 0.614. The van der Waals surface area contributed by atoms with Crippen LogP contribution < -0.4 is 0 Å². The molecule has 14 heavy (non-hydrogen) atoms. The first-order valence-corrected chi connectivity index (χ1v) is 4.72. The highest BCUT2D eigenvalue weighted by molar-refractivity contribution is 5.63. The molecule has 0 atom stereocenters. The topological polar surface area (TPSA) is 0 Å². The molecule has 1 aromatic rings. The Morgan fingerprint density at radius 2 is 1.57 bits per heavy atom. The van der Waals surface area contributed by atoms with E-state index in [-0.39, 0.29) is 7.43 Å². The van der Waals surface area contributed by atoms with Gasteiger partial charge in [-0.2, -0.15) is 0 Å². The van der Waals surface area contributed by atoms with Gasteiger partial charge in [-0.05, 0) is 18.1 Å². The van der Waals surface area contributed by atoms with Crippen LogP contribution in [0.1, 0.15) is 39.3 Å². The number of hydrogen-bond donors (Lipinski definition) is 0. The molecule has 0 saturated heterocycles. The van der Waals surface area contributed by atoms with Crippen LogP contribution in [0.4, 0.5) is 0 Å². The highest BCUT2D eigenvalue weighted by Crippen LogP contribution is 2.11. The maximum absolute atomic E-state index is 3.74. The standard InChI is InChI=1S/C11H12.C2H6.CH4/c1-3-7-11-9-6-5-8-10(11)4-2;1-2;/h3-9H,2H2,1H3;1-2H3;1H4/b7-3-;;. The summed E-state index contributed by atoms with van der Waals surface area (Å²) in [6.45, 7) is 9.75. The van der Waals surface area contributed by atoms with Crippen LogP contribution in [0, 0.1) is 0 Å². The zero-order valence-corrected chi connectivity index (χ0v) is 8.75. The van der Waals surface area contributed by atoms with Crippen molar-refractivity contribution in [2.45, 2.75) is 28.2 Å². The van der Waals surface area contributed by atoms with E-state index in [2.05, 4.69) is 24.8 Å². The molecule has 0 fully saturated rings. The minimum atomic E-state index is 0. The van der Waals surface area contributed by atoms with Crippen molar-refractivity contribution in [3.63, 3.8) is 0 Å². The van der Waals surface area contributed by atoms with Crippen molar-refractivity contribution in [2.24, 2.45) is 0 Å². The zero-order valence-electron chi connectivity index (χ0n) is 8.75. The molecule has 0 aliphatic rings. The fourth-order valence-electron chi connectivity index (χ4n) is 1.03. The van der Waals surface area contributed by atoms with Gasteiger partial charge in [0.1, 0.15) is 0 Å². The molecule has 0 bridgehead atoms. The van der Waals surface area contributed by atoms with Crippen LogP contribution in [0.3, 0.4) is 0 Å². The van der Waals surface area contributed by atoms with Crippen LogP contribution in [0.25, 0.3) is 12.2 Å². The summed E-state index contributed by atoms with van der Waals surface area (Å²) in [4.78, 5) is 0. The van der Waals surface area contributed by atoms with Gasteiger partial charge in [-0.3, -0.25) is 0 Å². The summed E-state index contributed by atoms with van der Waals surface area (Å²) in [5, 5.41) is 0. The van der Waals surface area contributed by atoms with Crippen molar-refractivity contribution in [3.05, 3.63) is 48.0 Å². The highest BCUT2D eigenvalue weighted by atomic mass is 13.9. The summed E-state index contributed by atoms with van der Waals surface area (Å²) in [6, 6.07) is 8.19. The van der Waals surface area contributed by atoms with Gasteiger partial charge in [-0.1, -0.05) is 70.3 Å². The van der Waals surface area contributed by atoms with Crippen LogP contribution in [0.15, 0.2) is 36.9 Å². The minimum Gasteiger partial charge on any atom is -0.0984 e. The van der Waals surface area contributed by atoms with Crippen LogP contribution in [0.2, 0.25) is 0 Å². The Labute approximate surface area is 89.0 Å². The van der Waals surface area contributed by atoms with Crippen molar-refractivity contribution in [1.82, 2.24) is 0 Å². The van der Waals surface area contributed by atoms with Crippen molar-refractivity contribution in [2.75, 3.05) is 0 Å². The molecule has 0 spiro atoms. The number of rotatable bonds is 2. The van der Waals surface area contributed by atoms with Gasteiger partial charge in [-0.15, -0.1) is 0 Å². The largest absolute Gasteiger partial charge is 0.0984 e. The fourth-order valence-corrected chi connectivity index (χ4v) is 1.03. The molecule has 0 N–H and O–H groups in total. The molecule has 0 aliphatic heterocycles. The summed E-state index contributed by atoms with van der Waals surface area (Å²) < 4.78 is 0. The Kier molecular flexibility index (Phi) is 10.6. The predicted octanol–water partition coefficient (Wildman–Crippen LogP) is 5.03. The zero-order chi connectivity index (χ0) is 10.1. The molecule has 0 unspecified atom stereocenters. The average molecular weight is 190 g/mol. The normalized spacial score (nSPS) is 8.50. The van der Waals surface area contributed by atoms with E-state index in [9.17, 15) is 0 Å². The molecule has 0 heterocycles. The van der Waals surface area contributed by atoms with Gasteiger partial charge in [-0.25, -0.2) is 0 Å². The summed E-state index contributed by atoms with van der Waals surface area (Å²) in [6.07, 6.45) is 5.98. The summed E-state index contributed by atoms with van der Waals surface area (Å²) in [7, 11) is 0. The Morgan fingerprint density at radius 1 is 1.07 bits per heavy atom. The molecular weight excluding hydrogens is 168 g/mol. The van der Waals surface area contributed by atoms with Gasteiger partial charge in [0.15, 0.2) is 0 Å². The van der Waals surface area contributed by atoms with Gasteiger partial charge in [0.2, 0.25) is 0 Å². The third kappa shape index (κ3) is 4.66. The SMILES string of the molecule is C.C=Cc1ccccc1/C=C\C.CC. The molecule has 0 radical (unpaired) electrons. The van der Waals surface area contributed by atoms with Gasteiger partial charge in [0.05, 0.1) is 0 Å². The van der Waals surface area contributed by atoms with Gasteiger partial charge in [0, 0.05) is 0 Å². The Bertz CT molecular complexity index is 269. The third-order valence-corrected chi connectivity index (χ3v) is 1.56. The first-order chi connectivity index (χ1) is 6.38.